The lowest BCUT2D eigenvalue weighted by Crippen LogP contribution is -2.28. The fourth-order valence-electron chi connectivity index (χ4n) is 3.72. The first-order chi connectivity index (χ1) is 18.2. The van der Waals surface area contributed by atoms with Crippen LogP contribution in [0.25, 0.3) is 34.3 Å². The van der Waals surface area contributed by atoms with E-state index in [-0.39, 0.29) is 23.5 Å². The van der Waals surface area contributed by atoms with Crippen molar-refractivity contribution in [3.05, 3.63) is 83.9 Å². The molecule has 5 rings (SSSR count). The van der Waals surface area contributed by atoms with Crippen molar-refractivity contribution >= 4 is 5.91 Å². The van der Waals surface area contributed by atoms with E-state index in [4.69, 9.17) is 9.05 Å². The Bertz CT molecular complexity index is 1560. The van der Waals surface area contributed by atoms with E-state index in [1.807, 2.05) is 0 Å². The number of nitrogens with zero attached hydrogens (tertiary/aromatic N) is 5. The largest absolute Gasteiger partial charge is 0.422 e. The molecule has 0 aliphatic carbocycles. The summed E-state index contributed by atoms with van der Waals surface area (Å²) >= 11 is 0. The van der Waals surface area contributed by atoms with Gasteiger partial charge in [0.2, 0.25) is 11.6 Å². The number of aliphatic hydroxyl groups is 1. The Morgan fingerprint density at radius 3 is 2.45 bits per heavy atom. The third-order valence-corrected chi connectivity index (χ3v) is 5.58. The topological polar surface area (TPSA) is 132 Å². The summed E-state index contributed by atoms with van der Waals surface area (Å²) < 4.78 is 53.6. The van der Waals surface area contributed by atoms with E-state index in [2.05, 4.69) is 25.6 Å². The zero-order valence-corrected chi connectivity index (χ0v) is 19.7. The van der Waals surface area contributed by atoms with Crippen LogP contribution in [0.2, 0.25) is 0 Å². The maximum absolute atomic E-state index is 13.9. The van der Waals surface area contributed by atoms with Crippen molar-refractivity contribution in [2.75, 3.05) is 0 Å². The van der Waals surface area contributed by atoms with E-state index >= 15 is 0 Å². The number of imidazole rings is 1. The van der Waals surface area contributed by atoms with E-state index < -0.39 is 41.1 Å². The lowest BCUT2D eigenvalue weighted by Gasteiger charge is -2.11. The molecule has 0 saturated carbocycles. The van der Waals surface area contributed by atoms with Gasteiger partial charge in [0.1, 0.15) is 11.3 Å². The lowest BCUT2D eigenvalue weighted by atomic mass is 10.1. The molecule has 1 unspecified atom stereocenters. The SMILES string of the molecule is Cn1cnc(CNC(=O)C(O)c2ccc(-c3noc(-c4onc(-c5ccccc5)c4C(F)(F)F)n3)cc2)c1. The van der Waals surface area contributed by atoms with Crippen molar-refractivity contribution in [3.63, 3.8) is 0 Å². The molecule has 1 amide bonds. The van der Waals surface area contributed by atoms with Crippen LogP contribution in [0, 0.1) is 0 Å². The van der Waals surface area contributed by atoms with E-state index in [1.54, 1.807) is 42.3 Å². The normalized spacial score (nSPS) is 12.4. The third kappa shape index (κ3) is 5.04. The third-order valence-electron chi connectivity index (χ3n) is 5.58. The zero-order chi connectivity index (χ0) is 26.9. The van der Waals surface area contributed by atoms with Crippen molar-refractivity contribution in [2.24, 2.45) is 7.05 Å². The molecule has 0 aliphatic heterocycles. The fourth-order valence-corrected chi connectivity index (χ4v) is 3.72. The van der Waals surface area contributed by atoms with E-state index in [9.17, 15) is 23.1 Å². The number of halogens is 3. The van der Waals surface area contributed by atoms with Crippen LogP contribution in [0.1, 0.15) is 22.9 Å². The highest BCUT2D eigenvalue weighted by Gasteiger charge is 2.43. The molecule has 0 aliphatic rings. The quantitative estimate of drug-likeness (QED) is 0.324. The Kier molecular flexibility index (Phi) is 6.51. The predicted molar refractivity (Wildman–Crippen MR) is 126 cm³/mol. The number of amides is 1. The first-order valence-corrected chi connectivity index (χ1v) is 11.2. The van der Waals surface area contributed by atoms with Gasteiger partial charge in [-0.15, -0.1) is 0 Å². The highest BCUT2D eigenvalue weighted by Crippen LogP contribution is 2.43. The molecule has 194 valence electrons. The Balaban J connectivity index is 1.34. The van der Waals surface area contributed by atoms with Crippen molar-refractivity contribution in [2.45, 2.75) is 18.8 Å². The van der Waals surface area contributed by atoms with E-state index in [0.29, 0.717) is 11.3 Å². The van der Waals surface area contributed by atoms with Gasteiger partial charge in [-0.1, -0.05) is 64.9 Å². The van der Waals surface area contributed by atoms with Crippen molar-refractivity contribution < 1.29 is 32.1 Å². The maximum Gasteiger partial charge on any atom is 0.422 e. The zero-order valence-electron chi connectivity index (χ0n) is 19.7. The summed E-state index contributed by atoms with van der Waals surface area (Å²) in [4.78, 5) is 20.5. The van der Waals surface area contributed by atoms with Gasteiger partial charge in [-0.05, 0) is 5.56 Å². The minimum absolute atomic E-state index is 0.0218. The second kappa shape index (κ2) is 9.94. The van der Waals surface area contributed by atoms with Gasteiger partial charge in [-0.3, -0.25) is 4.79 Å². The molecule has 0 spiro atoms. The number of benzene rings is 2. The second-order valence-electron chi connectivity index (χ2n) is 8.30. The van der Waals surface area contributed by atoms with Gasteiger partial charge in [0.15, 0.2) is 6.10 Å². The minimum Gasteiger partial charge on any atom is -0.378 e. The van der Waals surface area contributed by atoms with Crippen LogP contribution in [-0.4, -0.2) is 35.9 Å². The number of rotatable bonds is 7. The molecule has 3 aromatic heterocycles. The van der Waals surface area contributed by atoms with Gasteiger partial charge >= 0.3 is 6.18 Å². The smallest absolute Gasteiger partial charge is 0.378 e. The molecular weight excluding hydrogens is 505 g/mol. The number of carbonyl (C=O) groups excluding carboxylic acids is 1. The molecule has 0 fully saturated rings. The van der Waals surface area contributed by atoms with Crippen LogP contribution >= 0.6 is 0 Å². The van der Waals surface area contributed by atoms with Crippen LogP contribution in [0.5, 0.6) is 0 Å². The molecule has 10 nitrogen and oxygen atoms in total. The Hall–Kier alpha value is -4.78. The van der Waals surface area contributed by atoms with Crippen molar-refractivity contribution in [3.8, 4) is 34.3 Å². The summed E-state index contributed by atoms with van der Waals surface area (Å²) in [5, 5.41) is 20.3. The van der Waals surface area contributed by atoms with Gasteiger partial charge in [0, 0.05) is 24.4 Å². The molecule has 5 aromatic rings. The highest BCUT2D eigenvalue weighted by atomic mass is 19.4. The number of hydrogen-bond donors (Lipinski definition) is 2. The van der Waals surface area contributed by atoms with Gasteiger partial charge in [-0.25, -0.2) is 4.98 Å². The molecule has 38 heavy (non-hydrogen) atoms. The lowest BCUT2D eigenvalue weighted by molar-refractivity contribution is -0.137. The first kappa shape index (κ1) is 24.9. The van der Waals surface area contributed by atoms with Gasteiger partial charge in [0.25, 0.3) is 11.8 Å². The summed E-state index contributed by atoms with van der Waals surface area (Å²) in [6.45, 7) is 0.147. The van der Waals surface area contributed by atoms with Crippen LogP contribution in [0.15, 0.2) is 76.2 Å². The molecule has 0 radical (unpaired) electrons. The predicted octanol–water partition coefficient (Wildman–Crippen LogP) is 4.16. The average Bonchev–Trinajstić information content (AvgIpc) is 3.66. The molecule has 3 heterocycles. The van der Waals surface area contributed by atoms with Crippen LogP contribution in [-0.2, 0) is 24.6 Å². The first-order valence-electron chi connectivity index (χ1n) is 11.2. The molecule has 1 atom stereocenters. The number of hydrogen-bond acceptors (Lipinski definition) is 8. The number of aromatic nitrogens is 5. The molecule has 2 N–H and O–H groups in total. The fraction of sp³-hybridized carbons (Fsp3) is 0.160. The minimum atomic E-state index is -4.80. The second-order valence-corrected chi connectivity index (χ2v) is 8.30. The molecule has 2 aromatic carbocycles. The summed E-state index contributed by atoms with van der Waals surface area (Å²) in [6.07, 6.45) is -2.92. The van der Waals surface area contributed by atoms with E-state index in [1.165, 1.54) is 36.4 Å². The Morgan fingerprint density at radius 2 is 1.79 bits per heavy atom. The van der Waals surface area contributed by atoms with Crippen LogP contribution < -0.4 is 5.32 Å². The summed E-state index contributed by atoms with van der Waals surface area (Å²) in [5.74, 6) is -1.84. The maximum atomic E-state index is 13.9. The van der Waals surface area contributed by atoms with E-state index in [0.717, 1.165) is 0 Å². The van der Waals surface area contributed by atoms with Crippen molar-refractivity contribution in [1.82, 2.24) is 30.2 Å². The Labute approximate surface area is 212 Å². The van der Waals surface area contributed by atoms with Crippen LogP contribution in [0.4, 0.5) is 13.2 Å². The van der Waals surface area contributed by atoms with Gasteiger partial charge in [0.05, 0.1) is 18.6 Å². The monoisotopic (exact) mass is 524 g/mol. The number of carbonyl (C=O) groups is 1. The van der Waals surface area contributed by atoms with Crippen molar-refractivity contribution in [1.29, 1.82) is 0 Å². The molecule has 13 heteroatoms. The standard InChI is InChI=1S/C25H19F3N6O4/c1-34-12-17(30-13-34)11-29-23(36)20(35)15-7-9-16(10-8-15)22-31-24(38-33-22)21-18(25(26,27)28)19(32-37-21)14-5-3-2-4-6-14/h2-10,12-13,20,35H,11H2,1H3,(H,29,36). The highest BCUT2D eigenvalue weighted by molar-refractivity contribution is 5.82. The molecular formula is C25H19F3N6O4. The molecule has 0 saturated heterocycles. The summed E-state index contributed by atoms with van der Waals surface area (Å²) in [6, 6.07) is 13.7. The number of alkyl halides is 3. The summed E-state index contributed by atoms with van der Waals surface area (Å²) in [5.41, 5.74) is -0.0127. The number of nitrogens with one attached hydrogen (secondary N) is 1. The van der Waals surface area contributed by atoms with Gasteiger partial charge in [-0.2, -0.15) is 18.2 Å². The van der Waals surface area contributed by atoms with Gasteiger partial charge < -0.3 is 24.0 Å². The number of aryl methyl sites for hydroxylation is 1. The Morgan fingerprint density at radius 1 is 1.05 bits per heavy atom. The van der Waals surface area contributed by atoms with Crippen LogP contribution in [0.3, 0.4) is 0 Å². The molecule has 0 bridgehead atoms. The average molecular weight is 524 g/mol. The summed E-state index contributed by atoms with van der Waals surface area (Å²) in [7, 11) is 1.80. The number of aliphatic hydroxyl groups excluding tert-OH is 1.